The van der Waals surface area contributed by atoms with E-state index in [1.54, 1.807) is 0 Å². The molecule has 286 valence electrons. The van der Waals surface area contributed by atoms with Crippen LogP contribution in [0.25, 0.3) is 52.1 Å². The van der Waals surface area contributed by atoms with Gasteiger partial charge in [0.2, 0.25) is 0 Å². The molecular weight excluding hydrogens is 733 g/mol. The second-order valence-corrected chi connectivity index (χ2v) is 16.2. The Morgan fingerprint density at radius 3 is 2.15 bits per heavy atom. The monoisotopic (exact) mass is 772 g/mol. The first-order valence-electron chi connectivity index (χ1n) is 20.8. The van der Waals surface area contributed by atoms with E-state index in [1.807, 2.05) is 6.08 Å². The number of benzene rings is 6. The number of nitrogens with zero attached hydrogens (tertiary/aromatic N) is 2. The summed E-state index contributed by atoms with van der Waals surface area (Å²) in [6, 6.07) is 49.6. The van der Waals surface area contributed by atoms with Crippen LogP contribution in [-0.2, 0) is 11.8 Å². The molecule has 8 aromatic rings. The number of imidazole rings is 1. The summed E-state index contributed by atoms with van der Waals surface area (Å²) in [4.78, 5) is 5.16. The van der Waals surface area contributed by atoms with Crippen molar-refractivity contribution in [3.05, 3.63) is 225 Å². The van der Waals surface area contributed by atoms with E-state index in [2.05, 4.69) is 181 Å². The number of aromatic nitrogens is 2. The summed E-state index contributed by atoms with van der Waals surface area (Å²) >= 11 is 0. The fourth-order valence-corrected chi connectivity index (χ4v) is 10.4. The number of ether oxygens (including phenoxy) is 2. The average molecular weight is 773 g/mol. The molecule has 4 nitrogen and oxygen atoms in total. The molecule has 1 aliphatic heterocycles. The highest BCUT2D eigenvalue weighted by atomic mass is 16.6. The van der Waals surface area contributed by atoms with Gasteiger partial charge in [-0.2, -0.15) is 0 Å². The van der Waals surface area contributed by atoms with Crippen molar-refractivity contribution < 1.29 is 9.47 Å². The van der Waals surface area contributed by atoms with Crippen molar-refractivity contribution in [2.24, 2.45) is 0 Å². The number of hydrogen-bond donors (Lipinski definition) is 0. The smallest absolute Gasteiger partial charge is 0.170 e. The van der Waals surface area contributed by atoms with Crippen LogP contribution in [0.5, 0.6) is 23.0 Å². The molecule has 2 aromatic heterocycles. The van der Waals surface area contributed by atoms with Gasteiger partial charge in [-0.1, -0.05) is 135 Å². The molecule has 6 aromatic carbocycles. The Hall–Kier alpha value is -7.43. The Labute approximate surface area is 348 Å². The highest BCUT2D eigenvalue weighted by Gasteiger charge is 2.47. The number of allylic oxidation sites excluding steroid dienone is 6. The maximum absolute atomic E-state index is 6.81. The molecule has 4 aliphatic rings. The van der Waals surface area contributed by atoms with E-state index in [-0.39, 0.29) is 0 Å². The van der Waals surface area contributed by atoms with Gasteiger partial charge in [0.25, 0.3) is 0 Å². The van der Waals surface area contributed by atoms with Gasteiger partial charge in [0.1, 0.15) is 5.65 Å². The van der Waals surface area contributed by atoms with Crippen LogP contribution in [0.15, 0.2) is 175 Å². The van der Waals surface area contributed by atoms with Crippen LogP contribution in [0, 0.1) is 0 Å². The van der Waals surface area contributed by atoms with Crippen LogP contribution in [0.1, 0.15) is 58.2 Å². The van der Waals surface area contributed by atoms with Crippen LogP contribution >= 0.6 is 0 Å². The van der Waals surface area contributed by atoms with Crippen molar-refractivity contribution in [2.75, 3.05) is 0 Å². The molecule has 3 aliphatic carbocycles. The van der Waals surface area contributed by atoms with Crippen LogP contribution < -0.4 is 20.0 Å². The molecule has 4 heteroatoms. The van der Waals surface area contributed by atoms with Gasteiger partial charge >= 0.3 is 0 Å². The number of rotatable bonds is 5. The molecular formula is C56H40N2O2. The molecule has 0 N–H and O–H groups in total. The maximum Gasteiger partial charge on any atom is 0.170 e. The molecule has 0 spiro atoms. The molecule has 0 unspecified atom stereocenters. The van der Waals surface area contributed by atoms with Crippen molar-refractivity contribution in [1.82, 2.24) is 9.38 Å². The van der Waals surface area contributed by atoms with Gasteiger partial charge in [-0.05, 0) is 141 Å². The van der Waals surface area contributed by atoms with Crippen molar-refractivity contribution >= 4 is 41.0 Å². The van der Waals surface area contributed by atoms with Crippen LogP contribution in [0.4, 0.5) is 0 Å². The molecule has 0 amide bonds. The Morgan fingerprint density at radius 2 is 1.33 bits per heavy atom. The van der Waals surface area contributed by atoms with Crippen molar-refractivity contribution in [3.63, 3.8) is 0 Å². The topological polar surface area (TPSA) is 35.8 Å². The Morgan fingerprint density at radius 1 is 0.633 bits per heavy atom. The minimum atomic E-state index is -0.508. The number of para-hydroxylation sites is 2. The molecule has 0 radical (unpaired) electrons. The number of hydrogen-bond acceptors (Lipinski definition) is 3. The maximum atomic E-state index is 6.81. The van der Waals surface area contributed by atoms with Gasteiger partial charge in [0, 0.05) is 5.56 Å². The van der Waals surface area contributed by atoms with Crippen LogP contribution in [-0.4, -0.2) is 9.38 Å². The van der Waals surface area contributed by atoms with Crippen molar-refractivity contribution in [3.8, 4) is 34.1 Å². The fourth-order valence-electron chi connectivity index (χ4n) is 10.4. The minimum absolute atomic E-state index is 0.508. The molecule has 60 heavy (non-hydrogen) atoms. The summed E-state index contributed by atoms with van der Waals surface area (Å²) in [5, 5.41) is 2.10. The van der Waals surface area contributed by atoms with Crippen molar-refractivity contribution in [2.45, 2.75) is 31.1 Å². The molecule has 0 bridgehead atoms. The first-order valence-corrected chi connectivity index (χ1v) is 20.8. The van der Waals surface area contributed by atoms with E-state index in [0.717, 1.165) is 81.3 Å². The second kappa shape index (κ2) is 13.3. The SMILES string of the molecule is C=C/C=c1\c(=C)c2c(c3nc4ccccc4n13)C=C(C1=CC(c3ccc4c(c3)Oc3cc5c(cc3O4)C(c3ccccc3)(c3ccccc3)c3ccccc3-5)=CCC1)CC2. The predicted molar refractivity (Wildman–Crippen MR) is 244 cm³/mol. The van der Waals surface area contributed by atoms with E-state index in [4.69, 9.17) is 14.5 Å². The third-order valence-electron chi connectivity index (χ3n) is 13.0. The fraction of sp³-hybridized carbons (Fsp3) is 0.0893. The average Bonchev–Trinajstić information content (AvgIpc) is 3.83. The van der Waals surface area contributed by atoms with Gasteiger partial charge < -0.3 is 9.47 Å². The quantitative estimate of drug-likeness (QED) is 0.175. The van der Waals surface area contributed by atoms with E-state index in [0.29, 0.717) is 5.75 Å². The summed E-state index contributed by atoms with van der Waals surface area (Å²) < 4.78 is 15.8. The molecule has 3 heterocycles. The molecule has 0 atom stereocenters. The minimum Gasteiger partial charge on any atom is -0.450 e. The summed E-state index contributed by atoms with van der Waals surface area (Å²) in [6.45, 7) is 8.59. The zero-order valence-electron chi connectivity index (χ0n) is 33.1. The summed E-state index contributed by atoms with van der Waals surface area (Å²) in [6.07, 6.45) is 14.8. The third-order valence-corrected chi connectivity index (χ3v) is 13.0. The number of pyridine rings is 1. The Kier molecular flexibility index (Phi) is 7.67. The van der Waals surface area contributed by atoms with E-state index in [1.165, 1.54) is 55.7 Å². The molecule has 0 saturated heterocycles. The van der Waals surface area contributed by atoms with Crippen LogP contribution in [0.3, 0.4) is 0 Å². The predicted octanol–water partition coefficient (Wildman–Crippen LogP) is 12.3. The van der Waals surface area contributed by atoms with Crippen molar-refractivity contribution in [1.29, 1.82) is 0 Å². The zero-order valence-corrected chi connectivity index (χ0v) is 33.1. The van der Waals surface area contributed by atoms with Gasteiger partial charge in [-0.25, -0.2) is 4.98 Å². The van der Waals surface area contributed by atoms with Gasteiger partial charge in [0.15, 0.2) is 23.0 Å². The van der Waals surface area contributed by atoms with Gasteiger partial charge in [-0.15, -0.1) is 0 Å². The molecule has 12 rings (SSSR count). The molecule has 0 saturated carbocycles. The zero-order chi connectivity index (χ0) is 40.0. The number of fused-ring (bicyclic) bond motifs is 10. The van der Waals surface area contributed by atoms with E-state index < -0.39 is 5.41 Å². The van der Waals surface area contributed by atoms with Crippen LogP contribution in [0.2, 0.25) is 0 Å². The summed E-state index contributed by atoms with van der Waals surface area (Å²) in [5.41, 5.74) is 17.3. The molecule has 0 fully saturated rings. The van der Waals surface area contributed by atoms with E-state index in [9.17, 15) is 0 Å². The standard InChI is InChI=1S/C56H40N2O2/c1-3-15-49-35(2)42-28-26-38(31-45(42)55-57-48-24-12-13-25-50(48)58(49)55)36-16-14-17-37(30-36)39-27-29-51-52(32-39)60-53-33-44-43-22-10-11-23-46(43)56(40-18-6-4-7-19-40,41-20-8-5-9-21-41)47(44)34-54(53)59-51/h3-13,15,17-25,27,29-34H,1-2,14,16,26,28H2/b49-15+. The third kappa shape index (κ3) is 5.00. The largest absolute Gasteiger partial charge is 0.450 e. The summed E-state index contributed by atoms with van der Waals surface area (Å²) in [7, 11) is 0. The Balaban J connectivity index is 0.914. The first kappa shape index (κ1) is 34.6. The normalized spacial score (nSPS) is 16.0. The lowest BCUT2D eigenvalue weighted by Crippen LogP contribution is -2.35. The lowest BCUT2D eigenvalue weighted by molar-refractivity contribution is 0.359. The highest BCUT2D eigenvalue weighted by Crippen LogP contribution is 2.59. The summed E-state index contributed by atoms with van der Waals surface area (Å²) in [5.74, 6) is 2.88. The first-order chi connectivity index (χ1) is 29.6. The second-order valence-electron chi connectivity index (χ2n) is 16.2. The lowest BCUT2D eigenvalue weighted by atomic mass is 9.67. The highest BCUT2D eigenvalue weighted by molar-refractivity contribution is 5.89. The van der Waals surface area contributed by atoms with Gasteiger partial charge in [-0.3, -0.25) is 4.40 Å². The van der Waals surface area contributed by atoms with Gasteiger partial charge in [0.05, 0.1) is 21.8 Å². The Bertz CT molecular complexity index is 3310. The lowest BCUT2D eigenvalue weighted by Gasteiger charge is -2.34. The van der Waals surface area contributed by atoms with E-state index >= 15 is 0 Å².